The van der Waals surface area contributed by atoms with Crippen molar-refractivity contribution in [2.24, 2.45) is 0 Å². The van der Waals surface area contributed by atoms with Crippen LogP contribution in [0.4, 0.5) is 0 Å². The monoisotopic (exact) mass is 368 g/mol. The number of nitrogens with zero attached hydrogens (tertiary/aromatic N) is 2. The summed E-state index contributed by atoms with van der Waals surface area (Å²) in [5, 5.41) is 3.89. The Balaban J connectivity index is 1.69. The van der Waals surface area contributed by atoms with Crippen LogP contribution in [0.1, 0.15) is 26.6 Å². The molecule has 27 heavy (non-hydrogen) atoms. The number of aldehydes is 1. The first-order valence-corrected chi connectivity index (χ1v) is 7.92. The number of aromatic nitrogens is 2. The second-order valence-electron chi connectivity index (χ2n) is 5.39. The molecule has 2 aromatic carbocycles. The van der Waals surface area contributed by atoms with Crippen LogP contribution in [0.5, 0.6) is 11.5 Å². The number of carbonyl (C=O) groups excluding carboxylic acids is 2. The van der Waals surface area contributed by atoms with Crippen LogP contribution >= 0.6 is 0 Å². The Kier molecular flexibility index (Phi) is 5.46. The summed E-state index contributed by atoms with van der Waals surface area (Å²) in [6.07, 6.45) is 0.697. The van der Waals surface area contributed by atoms with E-state index in [4.69, 9.17) is 18.7 Å². The van der Waals surface area contributed by atoms with Crippen molar-refractivity contribution in [2.45, 2.75) is 6.61 Å². The average Bonchev–Trinajstić information content (AvgIpc) is 3.20. The third kappa shape index (κ3) is 4.12. The van der Waals surface area contributed by atoms with E-state index in [1.807, 2.05) is 0 Å². The van der Waals surface area contributed by atoms with Crippen LogP contribution in [0.25, 0.3) is 11.4 Å². The Bertz CT molecular complexity index is 949. The van der Waals surface area contributed by atoms with Crippen molar-refractivity contribution in [2.75, 3.05) is 14.2 Å². The van der Waals surface area contributed by atoms with E-state index in [9.17, 15) is 9.59 Å². The molecule has 0 spiro atoms. The Morgan fingerprint density at radius 1 is 1.11 bits per heavy atom. The van der Waals surface area contributed by atoms with E-state index in [-0.39, 0.29) is 12.5 Å². The van der Waals surface area contributed by atoms with Crippen molar-refractivity contribution < 1.29 is 28.3 Å². The molecule has 0 N–H and O–H groups in total. The first-order chi connectivity index (χ1) is 13.1. The fourth-order valence-electron chi connectivity index (χ4n) is 2.31. The molecule has 8 nitrogen and oxygen atoms in total. The van der Waals surface area contributed by atoms with Gasteiger partial charge in [-0.1, -0.05) is 17.3 Å². The molecule has 0 aliphatic rings. The first kappa shape index (κ1) is 18.1. The van der Waals surface area contributed by atoms with E-state index in [0.29, 0.717) is 40.3 Å². The van der Waals surface area contributed by atoms with Crippen molar-refractivity contribution in [3.63, 3.8) is 0 Å². The maximum Gasteiger partial charge on any atom is 0.338 e. The van der Waals surface area contributed by atoms with Crippen LogP contribution in [-0.2, 0) is 11.3 Å². The Hall–Kier alpha value is -3.68. The summed E-state index contributed by atoms with van der Waals surface area (Å²) in [4.78, 5) is 26.9. The van der Waals surface area contributed by atoms with Gasteiger partial charge in [-0.3, -0.25) is 4.79 Å². The minimum Gasteiger partial charge on any atom is -0.497 e. The molecule has 0 bridgehead atoms. The molecule has 8 heteroatoms. The third-order valence-corrected chi connectivity index (χ3v) is 3.73. The van der Waals surface area contributed by atoms with Gasteiger partial charge in [0.05, 0.1) is 25.3 Å². The predicted octanol–water partition coefficient (Wildman–Crippen LogP) is 2.92. The van der Waals surface area contributed by atoms with E-state index in [1.165, 1.54) is 31.4 Å². The summed E-state index contributed by atoms with van der Waals surface area (Å²) in [6, 6.07) is 11.3. The lowest BCUT2D eigenvalue weighted by Crippen LogP contribution is -2.05. The SMILES string of the molecule is COc1ccc(-c2noc(COC(=O)c3ccc(C=O)cc3)n2)c(OC)c1. The Labute approximate surface area is 154 Å². The van der Waals surface area contributed by atoms with Gasteiger partial charge in [0, 0.05) is 11.6 Å². The molecule has 0 aliphatic heterocycles. The highest BCUT2D eigenvalue weighted by Crippen LogP contribution is 2.31. The molecule has 0 radical (unpaired) electrons. The highest BCUT2D eigenvalue weighted by Gasteiger charge is 2.16. The molecule has 3 aromatic rings. The summed E-state index contributed by atoms with van der Waals surface area (Å²) in [7, 11) is 3.08. The molecule has 0 unspecified atom stereocenters. The number of esters is 1. The van der Waals surface area contributed by atoms with Gasteiger partial charge in [-0.15, -0.1) is 0 Å². The molecule has 0 atom stereocenters. The lowest BCUT2D eigenvalue weighted by molar-refractivity contribution is 0.0429. The number of hydrogen-bond acceptors (Lipinski definition) is 8. The number of methoxy groups -OCH3 is 2. The van der Waals surface area contributed by atoms with Crippen LogP contribution in [0.15, 0.2) is 47.0 Å². The highest BCUT2D eigenvalue weighted by atomic mass is 16.6. The fourth-order valence-corrected chi connectivity index (χ4v) is 2.31. The number of ether oxygens (including phenoxy) is 3. The second-order valence-corrected chi connectivity index (χ2v) is 5.39. The summed E-state index contributed by atoms with van der Waals surface area (Å²) in [6.45, 7) is -0.181. The van der Waals surface area contributed by atoms with Crippen LogP contribution in [-0.4, -0.2) is 36.6 Å². The molecule has 0 aliphatic carbocycles. The van der Waals surface area contributed by atoms with Crippen molar-refractivity contribution in [3.8, 4) is 22.9 Å². The van der Waals surface area contributed by atoms with Gasteiger partial charge in [0.2, 0.25) is 5.82 Å². The zero-order chi connectivity index (χ0) is 19.2. The Morgan fingerprint density at radius 2 is 1.89 bits per heavy atom. The topological polar surface area (TPSA) is 101 Å². The Morgan fingerprint density at radius 3 is 2.56 bits per heavy atom. The molecule has 1 aromatic heterocycles. The van der Waals surface area contributed by atoms with Gasteiger partial charge in [-0.05, 0) is 24.3 Å². The van der Waals surface area contributed by atoms with Gasteiger partial charge >= 0.3 is 5.97 Å². The molecule has 0 fully saturated rings. The molecule has 0 saturated carbocycles. The van der Waals surface area contributed by atoms with Crippen LogP contribution in [0, 0.1) is 0 Å². The first-order valence-electron chi connectivity index (χ1n) is 7.92. The average molecular weight is 368 g/mol. The largest absolute Gasteiger partial charge is 0.497 e. The lowest BCUT2D eigenvalue weighted by atomic mass is 10.1. The fraction of sp³-hybridized carbons (Fsp3) is 0.158. The van der Waals surface area contributed by atoms with E-state index in [1.54, 1.807) is 25.3 Å². The molecule has 138 valence electrons. The summed E-state index contributed by atoms with van der Waals surface area (Å²) < 4.78 is 20.7. The maximum atomic E-state index is 12.0. The minimum absolute atomic E-state index is 0.140. The van der Waals surface area contributed by atoms with E-state index in [0.717, 1.165) is 0 Å². The highest BCUT2D eigenvalue weighted by molar-refractivity contribution is 5.90. The smallest absolute Gasteiger partial charge is 0.338 e. The molecular weight excluding hydrogens is 352 g/mol. The normalized spacial score (nSPS) is 10.3. The number of hydrogen-bond donors (Lipinski definition) is 0. The molecular formula is C19H16N2O6. The van der Waals surface area contributed by atoms with E-state index in [2.05, 4.69) is 10.1 Å². The minimum atomic E-state index is -0.561. The lowest BCUT2D eigenvalue weighted by Gasteiger charge is -2.07. The van der Waals surface area contributed by atoms with Crippen LogP contribution < -0.4 is 9.47 Å². The standard InChI is InChI=1S/C19H16N2O6/c1-24-14-7-8-15(16(9-14)25-2)18-20-17(27-21-18)11-26-19(23)13-5-3-12(10-22)4-6-13/h3-10H,11H2,1-2H3. The second kappa shape index (κ2) is 8.13. The molecule has 0 amide bonds. The van der Waals surface area contributed by atoms with Gasteiger partial charge in [0.1, 0.15) is 17.8 Å². The van der Waals surface area contributed by atoms with Crippen molar-refractivity contribution in [3.05, 3.63) is 59.5 Å². The predicted molar refractivity (Wildman–Crippen MR) is 93.8 cm³/mol. The van der Waals surface area contributed by atoms with E-state index < -0.39 is 5.97 Å². The van der Waals surface area contributed by atoms with Gasteiger partial charge in [0.25, 0.3) is 5.89 Å². The van der Waals surface area contributed by atoms with Crippen molar-refractivity contribution >= 4 is 12.3 Å². The molecule has 1 heterocycles. The maximum absolute atomic E-state index is 12.0. The summed E-state index contributed by atoms with van der Waals surface area (Å²) in [5.74, 6) is 1.04. The third-order valence-electron chi connectivity index (χ3n) is 3.73. The van der Waals surface area contributed by atoms with Crippen LogP contribution in [0.3, 0.4) is 0 Å². The van der Waals surface area contributed by atoms with Gasteiger partial charge < -0.3 is 18.7 Å². The molecule has 0 saturated heterocycles. The number of rotatable bonds is 7. The number of carbonyl (C=O) groups is 2. The molecule has 3 rings (SSSR count). The van der Waals surface area contributed by atoms with Gasteiger partial charge in [-0.25, -0.2) is 4.79 Å². The quantitative estimate of drug-likeness (QED) is 0.463. The van der Waals surface area contributed by atoms with Gasteiger partial charge in [-0.2, -0.15) is 4.98 Å². The summed E-state index contributed by atoms with van der Waals surface area (Å²) >= 11 is 0. The van der Waals surface area contributed by atoms with E-state index >= 15 is 0 Å². The van der Waals surface area contributed by atoms with Gasteiger partial charge in [0.15, 0.2) is 6.61 Å². The van der Waals surface area contributed by atoms with Crippen LogP contribution in [0.2, 0.25) is 0 Å². The summed E-state index contributed by atoms with van der Waals surface area (Å²) in [5.41, 5.74) is 1.41. The zero-order valence-electron chi connectivity index (χ0n) is 14.7. The van der Waals surface area contributed by atoms with Crippen molar-refractivity contribution in [1.82, 2.24) is 10.1 Å². The number of benzene rings is 2. The zero-order valence-corrected chi connectivity index (χ0v) is 14.7. The van der Waals surface area contributed by atoms with Crippen molar-refractivity contribution in [1.29, 1.82) is 0 Å².